The van der Waals surface area contributed by atoms with E-state index in [4.69, 9.17) is 11.3 Å². The molecule has 0 aliphatic heterocycles. The van der Waals surface area contributed by atoms with Crippen LogP contribution in [-0.4, -0.2) is 38.3 Å². The van der Waals surface area contributed by atoms with Crippen LogP contribution in [-0.2, 0) is 14.3 Å². The lowest BCUT2D eigenvalue weighted by Gasteiger charge is -2.36. The van der Waals surface area contributed by atoms with Crippen molar-refractivity contribution >= 4 is 11.9 Å². The molecule has 31 heavy (non-hydrogen) atoms. The van der Waals surface area contributed by atoms with E-state index >= 15 is 0 Å². The van der Waals surface area contributed by atoms with E-state index in [0.29, 0.717) is 11.7 Å². The van der Waals surface area contributed by atoms with Crippen LogP contribution in [0.1, 0.15) is 51.1 Å². The predicted molar refractivity (Wildman–Crippen MR) is 114 cm³/mol. The maximum atomic E-state index is 13.1. The van der Waals surface area contributed by atoms with Crippen molar-refractivity contribution in [1.82, 2.24) is 15.2 Å². The molecule has 4 unspecified atom stereocenters. The average molecular weight is 425 g/mol. The minimum Gasteiger partial charge on any atom is -0.475 e. The van der Waals surface area contributed by atoms with Crippen molar-refractivity contribution in [2.75, 3.05) is 0 Å². The number of carbonyl (C=O) groups is 2. The van der Waals surface area contributed by atoms with Gasteiger partial charge in [0, 0.05) is 5.56 Å². The SMILES string of the molecule is [C-]#[N+]C(C(=O)O)C(OC(=O)C1C(C)CC(C)CC1C)c1nc(-c2ccc(C)cc2)n[nH]1. The number of aromatic nitrogens is 3. The van der Waals surface area contributed by atoms with E-state index < -0.39 is 24.1 Å². The number of benzene rings is 1. The minimum atomic E-state index is -1.61. The molecule has 0 spiro atoms. The van der Waals surface area contributed by atoms with Crippen LogP contribution in [0.15, 0.2) is 24.3 Å². The molecule has 1 aromatic carbocycles. The van der Waals surface area contributed by atoms with Crippen molar-refractivity contribution in [3.63, 3.8) is 0 Å². The molecule has 0 saturated heterocycles. The molecule has 2 aromatic rings. The Balaban J connectivity index is 1.89. The Hall–Kier alpha value is -3.21. The van der Waals surface area contributed by atoms with E-state index in [1.54, 1.807) is 0 Å². The first-order valence-corrected chi connectivity index (χ1v) is 10.5. The third kappa shape index (κ3) is 4.93. The van der Waals surface area contributed by atoms with E-state index in [1.165, 1.54) is 0 Å². The van der Waals surface area contributed by atoms with Gasteiger partial charge < -0.3 is 9.84 Å². The number of carbonyl (C=O) groups excluding carboxylic acids is 1. The Bertz CT molecular complexity index is 966. The summed E-state index contributed by atoms with van der Waals surface area (Å²) in [7, 11) is 0. The highest BCUT2D eigenvalue weighted by atomic mass is 16.5. The maximum Gasteiger partial charge on any atom is 0.392 e. The van der Waals surface area contributed by atoms with Gasteiger partial charge in [0.2, 0.25) is 6.10 Å². The third-order valence-electron chi connectivity index (χ3n) is 6.05. The number of esters is 1. The maximum absolute atomic E-state index is 13.1. The Labute approximate surface area is 181 Å². The van der Waals surface area contributed by atoms with Crippen LogP contribution in [0.3, 0.4) is 0 Å². The Morgan fingerprint density at radius 3 is 2.35 bits per heavy atom. The molecule has 0 bridgehead atoms. The average Bonchev–Trinajstić information content (AvgIpc) is 3.17. The molecule has 8 heteroatoms. The normalized spacial score (nSPS) is 25.3. The number of ether oxygens (including phenoxy) is 1. The van der Waals surface area contributed by atoms with Gasteiger partial charge in [-0.05, 0) is 37.5 Å². The zero-order valence-electron chi connectivity index (χ0n) is 18.2. The fourth-order valence-electron chi connectivity index (χ4n) is 4.64. The van der Waals surface area contributed by atoms with Crippen LogP contribution in [0.25, 0.3) is 16.2 Å². The minimum absolute atomic E-state index is 0.0526. The summed E-state index contributed by atoms with van der Waals surface area (Å²) in [5.74, 6) is -1.07. The van der Waals surface area contributed by atoms with Crippen molar-refractivity contribution in [1.29, 1.82) is 0 Å². The molecule has 2 N–H and O–H groups in total. The molecular formula is C23H28N4O4. The van der Waals surface area contributed by atoms with Crippen molar-refractivity contribution < 1.29 is 19.4 Å². The summed E-state index contributed by atoms with van der Waals surface area (Å²) in [6, 6.07) is 5.90. The van der Waals surface area contributed by atoms with Crippen LogP contribution in [0.4, 0.5) is 0 Å². The second-order valence-corrected chi connectivity index (χ2v) is 8.74. The molecule has 3 rings (SSSR count). The molecule has 0 amide bonds. The number of carboxylic acids is 1. The highest BCUT2D eigenvalue weighted by Crippen LogP contribution is 2.39. The van der Waals surface area contributed by atoms with E-state index in [0.717, 1.165) is 24.0 Å². The molecule has 164 valence electrons. The largest absolute Gasteiger partial charge is 0.475 e. The fraction of sp³-hybridized carbons (Fsp3) is 0.522. The number of aromatic amines is 1. The second kappa shape index (κ2) is 9.29. The fourth-order valence-corrected chi connectivity index (χ4v) is 4.64. The second-order valence-electron chi connectivity index (χ2n) is 8.74. The number of aliphatic carboxylic acids is 1. The molecule has 1 saturated carbocycles. The van der Waals surface area contributed by atoms with E-state index in [1.807, 2.05) is 45.0 Å². The number of rotatable bonds is 6. The predicted octanol–water partition coefficient (Wildman–Crippen LogP) is 4.06. The van der Waals surface area contributed by atoms with Gasteiger partial charge >= 0.3 is 18.0 Å². The topological polar surface area (TPSA) is 110 Å². The number of H-pyrrole nitrogens is 1. The molecule has 1 heterocycles. The van der Waals surface area contributed by atoms with Crippen molar-refractivity contribution in [2.45, 2.75) is 52.7 Å². The van der Waals surface area contributed by atoms with Gasteiger partial charge in [0.1, 0.15) is 0 Å². The molecule has 1 fully saturated rings. The zero-order chi connectivity index (χ0) is 22.7. The van der Waals surface area contributed by atoms with Gasteiger partial charge in [0.05, 0.1) is 5.92 Å². The third-order valence-corrected chi connectivity index (χ3v) is 6.05. The van der Waals surface area contributed by atoms with Gasteiger partial charge in [-0.2, -0.15) is 5.10 Å². The van der Waals surface area contributed by atoms with E-state index in [2.05, 4.69) is 27.0 Å². The van der Waals surface area contributed by atoms with Crippen LogP contribution < -0.4 is 0 Å². The van der Waals surface area contributed by atoms with Crippen LogP contribution in [0, 0.1) is 37.2 Å². The molecule has 1 aromatic heterocycles. The molecule has 8 nitrogen and oxygen atoms in total. The summed E-state index contributed by atoms with van der Waals surface area (Å²) in [4.78, 5) is 32.4. The quantitative estimate of drug-likeness (QED) is 0.535. The Morgan fingerprint density at radius 2 is 1.81 bits per heavy atom. The number of hydrogen-bond donors (Lipinski definition) is 2. The van der Waals surface area contributed by atoms with Gasteiger partial charge in [0.15, 0.2) is 11.6 Å². The van der Waals surface area contributed by atoms with Gasteiger partial charge in [-0.3, -0.25) is 14.7 Å². The van der Waals surface area contributed by atoms with Crippen LogP contribution in [0.5, 0.6) is 0 Å². The molecule has 4 atom stereocenters. The summed E-state index contributed by atoms with van der Waals surface area (Å²) >= 11 is 0. The first-order chi connectivity index (χ1) is 14.7. The monoisotopic (exact) mass is 424 g/mol. The summed E-state index contributed by atoms with van der Waals surface area (Å²) in [6.07, 6.45) is 0.438. The highest BCUT2D eigenvalue weighted by molar-refractivity contribution is 5.78. The van der Waals surface area contributed by atoms with Crippen molar-refractivity contribution in [3.05, 3.63) is 47.1 Å². The van der Waals surface area contributed by atoms with Crippen LogP contribution in [0.2, 0.25) is 0 Å². The van der Waals surface area contributed by atoms with E-state index in [9.17, 15) is 14.7 Å². The first-order valence-electron chi connectivity index (χ1n) is 10.5. The Morgan fingerprint density at radius 1 is 1.19 bits per heavy atom. The van der Waals surface area contributed by atoms with Crippen molar-refractivity contribution in [3.8, 4) is 11.4 Å². The van der Waals surface area contributed by atoms with Gasteiger partial charge in [0.25, 0.3) is 0 Å². The van der Waals surface area contributed by atoms with Gasteiger partial charge in [-0.1, -0.05) is 50.6 Å². The number of hydrogen-bond acceptors (Lipinski definition) is 5. The summed E-state index contributed by atoms with van der Waals surface area (Å²) in [5.41, 5.74) is 1.81. The van der Waals surface area contributed by atoms with Crippen molar-refractivity contribution in [2.24, 2.45) is 23.7 Å². The smallest absolute Gasteiger partial charge is 0.392 e. The first kappa shape index (κ1) is 22.5. The zero-order valence-corrected chi connectivity index (χ0v) is 18.2. The lowest BCUT2D eigenvalue weighted by molar-refractivity contribution is -0.163. The summed E-state index contributed by atoms with van der Waals surface area (Å²) < 4.78 is 5.67. The lowest BCUT2D eigenvalue weighted by atomic mass is 9.69. The standard InChI is InChI=1S/C23H28N4O4/c1-12-6-8-16(9-7-12)20-25-21(27-26-20)19(18(24-5)22(28)29)31-23(30)17-14(3)10-13(2)11-15(17)4/h6-9,13-15,17-19H,10-11H2,1-4H3,(H,28,29)(H,25,26,27). The highest BCUT2D eigenvalue weighted by Gasteiger charge is 2.44. The summed E-state index contributed by atoms with van der Waals surface area (Å²) in [5, 5.41) is 16.4. The Kier molecular flexibility index (Phi) is 6.74. The number of carboxylic acid groups (broad SMARTS) is 1. The molecular weight excluding hydrogens is 396 g/mol. The molecule has 1 aliphatic rings. The molecule has 0 radical (unpaired) electrons. The van der Waals surface area contributed by atoms with Crippen LogP contribution >= 0.6 is 0 Å². The number of nitrogens with one attached hydrogen (secondary N) is 1. The number of nitrogens with zero attached hydrogens (tertiary/aromatic N) is 3. The summed E-state index contributed by atoms with van der Waals surface area (Å²) in [6.45, 7) is 15.5. The van der Waals surface area contributed by atoms with Gasteiger partial charge in [-0.15, -0.1) is 0 Å². The van der Waals surface area contributed by atoms with Gasteiger partial charge in [-0.25, -0.2) is 16.4 Å². The van der Waals surface area contributed by atoms with E-state index in [-0.39, 0.29) is 23.6 Å². The lowest BCUT2D eigenvalue weighted by Crippen LogP contribution is -2.38. The number of aryl methyl sites for hydroxylation is 1. The molecule has 1 aliphatic carbocycles.